The molecular formula is C16H15F4N3O3S. The van der Waals surface area contributed by atoms with Gasteiger partial charge >= 0.3 is 6.18 Å². The van der Waals surface area contributed by atoms with Crippen LogP contribution in [0.2, 0.25) is 0 Å². The highest BCUT2D eigenvalue weighted by atomic mass is 32.2. The number of nitrogens with one attached hydrogen (secondary N) is 2. The standard InChI is InChI=1S/C16H15F4N3O3S/c1-10(16(18,19)20)4-7-22-14(24)12-8-11(17)2-3-13(12)23-27(25,26)15(9-21)5-6-15/h2-3,8,23H,1,4-7H2,(H,22,24). The molecule has 11 heteroatoms. The minimum Gasteiger partial charge on any atom is -0.352 e. The van der Waals surface area contributed by atoms with Crippen molar-refractivity contribution in [3.8, 4) is 6.07 Å². The number of alkyl halides is 3. The number of benzene rings is 1. The van der Waals surface area contributed by atoms with Gasteiger partial charge in [0.25, 0.3) is 15.9 Å². The van der Waals surface area contributed by atoms with Crippen molar-refractivity contribution >= 4 is 21.6 Å². The normalized spacial score (nSPS) is 15.5. The summed E-state index contributed by atoms with van der Waals surface area (Å²) >= 11 is 0. The Morgan fingerprint density at radius 3 is 2.48 bits per heavy atom. The number of nitriles is 1. The van der Waals surface area contributed by atoms with Crippen molar-refractivity contribution in [1.29, 1.82) is 5.26 Å². The molecule has 0 saturated heterocycles. The SMILES string of the molecule is C=C(CCNC(=O)c1cc(F)ccc1NS(=O)(=O)C1(C#N)CC1)C(F)(F)F. The monoisotopic (exact) mass is 405 g/mol. The van der Waals surface area contributed by atoms with E-state index in [-0.39, 0.29) is 18.5 Å². The van der Waals surface area contributed by atoms with E-state index in [0.29, 0.717) is 0 Å². The number of hydrogen-bond acceptors (Lipinski definition) is 4. The summed E-state index contributed by atoms with van der Waals surface area (Å²) in [6, 6.07) is 4.35. The highest BCUT2D eigenvalue weighted by Crippen LogP contribution is 2.43. The van der Waals surface area contributed by atoms with Crippen molar-refractivity contribution in [2.24, 2.45) is 0 Å². The largest absolute Gasteiger partial charge is 0.412 e. The summed E-state index contributed by atoms with van der Waals surface area (Å²) in [4.78, 5) is 12.2. The Labute approximate surface area is 152 Å². The molecule has 0 radical (unpaired) electrons. The molecule has 2 rings (SSSR count). The van der Waals surface area contributed by atoms with E-state index in [0.717, 1.165) is 18.2 Å². The number of amides is 1. The topological polar surface area (TPSA) is 99.1 Å². The van der Waals surface area contributed by atoms with Crippen LogP contribution in [0.15, 0.2) is 30.4 Å². The van der Waals surface area contributed by atoms with Crippen LogP contribution in [-0.2, 0) is 10.0 Å². The molecule has 1 aliphatic carbocycles. The third-order valence-electron chi connectivity index (χ3n) is 4.01. The van der Waals surface area contributed by atoms with E-state index in [9.17, 15) is 30.8 Å². The van der Waals surface area contributed by atoms with Crippen LogP contribution in [0.3, 0.4) is 0 Å². The van der Waals surface area contributed by atoms with Crippen LogP contribution in [0.25, 0.3) is 0 Å². The van der Waals surface area contributed by atoms with Crippen molar-refractivity contribution in [1.82, 2.24) is 5.32 Å². The van der Waals surface area contributed by atoms with Gasteiger partial charge in [-0.1, -0.05) is 6.58 Å². The van der Waals surface area contributed by atoms with Gasteiger partial charge in [-0.15, -0.1) is 0 Å². The Hall–Kier alpha value is -2.61. The van der Waals surface area contributed by atoms with E-state index < -0.39 is 56.8 Å². The molecule has 0 atom stereocenters. The van der Waals surface area contributed by atoms with Crippen LogP contribution < -0.4 is 10.0 Å². The molecule has 1 aromatic rings. The zero-order valence-corrected chi connectivity index (χ0v) is 14.7. The highest BCUT2D eigenvalue weighted by molar-refractivity contribution is 7.94. The van der Waals surface area contributed by atoms with Gasteiger partial charge in [0.05, 0.1) is 17.3 Å². The molecule has 0 aromatic heterocycles. The average Bonchev–Trinajstić information content (AvgIpc) is 3.37. The Kier molecular flexibility index (Phi) is 5.51. The molecule has 1 amide bonds. The fourth-order valence-electron chi connectivity index (χ4n) is 2.15. The van der Waals surface area contributed by atoms with Crippen molar-refractivity contribution in [2.45, 2.75) is 30.2 Å². The van der Waals surface area contributed by atoms with Crippen molar-refractivity contribution in [3.63, 3.8) is 0 Å². The predicted molar refractivity (Wildman–Crippen MR) is 88.7 cm³/mol. The van der Waals surface area contributed by atoms with Crippen LogP contribution in [0.4, 0.5) is 23.2 Å². The number of anilines is 1. The summed E-state index contributed by atoms with van der Waals surface area (Å²) in [6.07, 6.45) is -4.92. The van der Waals surface area contributed by atoms with Gasteiger partial charge in [-0.2, -0.15) is 18.4 Å². The second kappa shape index (κ2) is 7.19. The quantitative estimate of drug-likeness (QED) is 0.538. The number of rotatable bonds is 7. The maximum Gasteiger partial charge on any atom is 0.412 e. The molecule has 1 saturated carbocycles. The van der Waals surface area contributed by atoms with Crippen LogP contribution in [-0.4, -0.2) is 31.8 Å². The third kappa shape index (κ3) is 4.57. The van der Waals surface area contributed by atoms with E-state index in [1.807, 2.05) is 0 Å². The van der Waals surface area contributed by atoms with Gasteiger partial charge in [-0.25, -0.2) is 12.8 Å². The number of halogens is 4. The van der Waals surface area contributed by atoms with Gasteiger partial charge in [0.15, 0.2) is 4.75 Å². The molecular weight excluding hydrogens is 390 g/mol. The Morgan fingerprint density at radius 1 is 1.33 bits per heavy atom. The lowest BCUT2D eigenvalue weighted by atomic mass is 10.1. The minimum absolute atomic E-state index is 0.126. The first-order valence-corrected chi connectivity index (χ1v) is 9.16. The first kappa shape index (κ1) is 20.7. The summed E-state index contributed by atoms with van der Waals surface area (Å²) < 4.78 is 75.7. The number of hydrogen-bond donors (Lipinski definition) is 2. The summed E-state index contributed by atoms with van der Waals surface area (Å²) in [7, 11) is -4.15. The molecule has 146 valence electrons. The van der Waals surface area contributed by atoms with Crippen molar-refractivity contribution in [2.75, 3.05) is 11.3 Å². The smallest absolute Gasteiger partial charge is 0.352 e. The second-order valence-electron chi connectivity index (χ2n) is 6.01. The average molecular weight is 405 g/mol. The summed E-state index contributed by atoms with van der Waals surface area (Å²) in [6.45, 7) is 2.43. The van der Waals surface area contributed by atoms with Crippen molar-refractivity contribution < 1.29 is 30.8 Å². The lowest BCUT2D eigenvalue weighted by Gasteiger charge is -2.15. The van der Waals surface area contributed by atoms with Crippen LogP contribution >= 0.6 is 0 Å². The molecule has 6 nitrogen and oxygen atoms in total. The summed E-state index contributed by atoms with van der Waals surface area (Å²) in [5.74, 6) is -1.81. The van der Waals surface area contributed by atoms with Crippen LogP contribution in [0.1, 0.15) is 29.6 Å². The number of carbonyl (C=O) groups excluding carboxylic acids is 1. The van der Waals surface area contributed by atoms with Crippen LogP contribution in [0, 0.1) is 17.1 Å². The van der Waals surface area contributed by atoms with Crippen LogP contribution in [0.5, 0.6) is 0 Å². The van der Waals surface area contributed by atoms with E-state index in [4.69, 9.17) is 5.26 Å². The molecule has 0 aliphatic heterocycles. The molecule has 0 spiro atoms. The molecule has 0 unspecified atom stereocenters. The molecule has 0 heterocycles. The molecule has 1 aliphatic rings. The Balaban J connectivity index is 2.15. The van der Waals surface area contributed by atoms with E-state index >= 15 is 0 Å². The lowest BCUT2D eigenvalue weighted by molar-refractivity contribution is -0.0934. The first-order chi connectivity index (χ1) is 12.4. The fourth-order valence-corrected chi connectivity index (χ4v) is 3.58. The lowest BCUT2D eigenvalue weighted by Crippen LogP contribution is -2.31. The third-order valence-corrected chi connectivity index (χ3v) is 6.02. The summed E-state index contributed by atoms with van der Waals surface area (Å²) in [5.41, 5.74) is -1.73. The number of carbonyl (C=O) groups is 1. The van der Waals surface area contributed by atoms with Gasteiger partial charge < -0.3 is 5.32 Å². The van der Waals surface area contributed by atoms with E-state index in [1.165, 1.54) is 0 Å². The maximum absolute atomic E-state index is 13.5. The molecule has 1 fully saturated rings. The zero-order valence-electron chi connectivity index (χ0n) is 13.9. The number of sulfonamides is 1. The van der Waals surface area contributed by atoms with Gasteiger partial charge in [0, 0.05) is 12.1 Å². The molecule has 1 aromatic carbocycles. The van der Waals surface area contributed by atoms with E-state index in [1.54, 1.807) is 6.07 Å². The predicted octanol–water partition coefficient (Wildman–Crippen LogP) is 2.86. The maximum atomic E-state index is 13.5. The Morgan fingerprint density at radius 2 is 1.96 bits per heavy atom. The second-order valence-corrected chi connectivity index (χ2v) is 8.00. The van der Waals surface area contributed by atoms with Gasteiger partial charge in [-0.3, -0.25) is 9.52 Å². The number of nitrogens with zero attached hydrogens (tertiary/aromatic N) is 1. The van der Waals surface area contributed by atoms with Crippen molar-refractivity contribution in [3.05, 3.63) is 41.7 Å². The van der Waals surface area contributed by atoms with E-state index in [2.05, 4.69) is 16.6 Å². The van der Waals surface area contributed by atoms with Gasteiger partial charge in [0.1, 0.15) is 5.82 Å². The fraction of sp³-hybridized carbons (Fsp3) is 0.375. The molecule has 27 heavy (non-hydrogen) atoms. The molecule has 2 N–H and O–H groups in total. The van der Waals surface area contributed by atoms with Gasteiger partial charge in [-0.05, 0) is 37.5 Å². The zero-order chi connectivity index (χ0) is 20.5. The highest BCUT2D eigenvalue weighted by Gasteiger charge is 2.56. The minimum atomic E-state index is -4.60. The molecule has 0 bridgehead atoms. The van der Waals surface area contributed by atoms with Gasteiger partial charge in [0.2, 0.25) is 0 Å². The first-order valence-electron chi connectivity index (χ1n) is 7.68. The summed E-state index contributed by atoms with van der Waals surface area (Å²) in [5, 5.41) is 11.2. The Bertz CT molecular complexity index is 916.